The number of nitrogens with two attached hydrogens (primary N) is 1. The van der Waals surface area contributed by atoms with Gasteiger partial charge in [-0.2, -0.15) is 0 Å². The summed E-state index contributed by atoms with van der Waals surface area (Å²) in [5, 5.41) is 2.96. The minimum absolute atomic E-state index is 0.0403. The molecular weight excluding hydrogens is 342 g/mol. The molecule has 0 aromatic heterocycles. The monoisotopic (exact) mass is 369 g/mol. The van der Waals surface area contributed by atoms with E-state index >= 15 is 0 Å². The molecule has 0 bridgehead atoms. The van der Waals surface area contributed by atoms with Gasteiger partial charge in [0, 0.05) is 6.54 Å². The smallest absolute Gasteiger partial charge is 0.255 e. The van der Waals surface area contributed by atoms with Crippen molar-refractivity contribution in [1.82, 2.24) is 10.2 Å². The first kappa shape index (κ1) is 20.5. The molecule has 0 saturated carbocycles. The largest absolute Gasteiger partial charge is 0.483 e. The van der Waals surface area contributed by atoms with Crippen molar-refractivity contribution in [2.24, 2.45) is 5.73 Å². The van der Waals surface area contributed by atoms with Crippen LogP contribution in [0.2, 0.25) is 0 Å². The Kier molecular flexibility index (Phi) is 7.37. The molecule has 3 N–H and O–H groups in total. The lowest BCUT2D eigenvalue weighted by molar-refractivity contribution is -0.119. The number of carbonyl (C=O) groups is 2. The number of rotatable bonds is 9. The van der Waals surface area contributed by atoms with Crippen molar-refractivity contribution < 1.29 is 14.3 Å². The standard InChI is InChI=1S/C21H27N3O3/c1-4-15-9-11-16(12-10-15)18(24(2)3)13-23-21(26)17-7-5-6-8-19(17)27-14-20(22)25/h5-12,18H,4,13-14H2,1-3H3,(H2,22,25)(H,23,26). The van der Waals surface area contributed by atoms with Crippen molar-refractivity contribution in [3.05, 3.63) is 65.2 Å². The number of amides is 2. The molecule has 2 aromatic rings. The molecular formula is C21H27N3O3. The Hall–Kier alpha value is -2.86. The number of nitrogens with zero attached hydrogens (tertiary/aromatic N) is 1. The maximum Gasteiger partial charge on any atom is 0.255 e. The third kappa shape index (κ3) is 5.82. The number of aryl methyl sites for hydroxylation is 1. The molecule has 144 valence electrons. The highest BCUT2D eigenvalue weighted by atomic mass is 16.5. The highest BCUT2D eigenvalue weighted by Gasteiger charge is 2.18. The van der Waals surface area contributed by atoms with E-state index in [1.807, 2.05) is 14.1 Å². The van der Waals surface area contributed by atoms with Gasteiger partial charge in [0.15, 0.2) is 6.61 Å². The zero-order valence-electron chi connectivity index (χ0n) is 16.1. The number of para-hydroxylation sites is 1. The van der Waals surface area contributed by atoms with Gasteiger partial charge in [0.25, 0.3) is 11.8 Å². The molecule has 0 saturated heterocycles. The molecule has 1 atom stereocenters. The van der Waals surface area contributed by atoms with Crippen molar-refractivity contribution in [1.29, 1.82) is 0 Å². The SMILES string of the molecule is CCc1ccc(C(CNC(=O)c2ccccc2OCC(N)=O)N(C)C)cc1. The molecule has 0 aliphatic carbocycles. The molecule has 0 aliphatic heterocycles. The van der Waals surface area contributed by atoms with Crippen molar-refractivity contribution in [3.63, 3.8) is 0 Å². The molecule has 1 unspecified atom stereocenters. The van der Waals surface area contributed by atoms with Gasteiger partial charge in [0.05, 0.1) is 11.6 Å². The Balaban J connectivity index is 2.08. The fraction of sp³-hybridized carbons (Fsp3) is 0.333. The molecule has 0 spiro atoms. The molecule has 2 aromatic carbocycles. The first-order chi connectivity index (χ1) is 12.9. The Morgan fingerprint density at radius 1 is 1.11 bits per heavy atom. The summed E-state index contributed by atoms with van der Waals surface area (Å²) < 4.78 is 5.34. The summed E-state index contributed by atoms with van der Waals surface area (Å²) in [6, 6.07) is 15.3. The lowest BCUT2D eigenvalue weighted by Crippen LogP contribution is -2.34. The summed E-state index contributed by atoms with van der Waals surface area (Å²) in [6.45, 7) is 2.30. The summed E-state index contributed by atoms with van der Waals surface area (Å²) in [6.07, 6.45) is 0.992. The number of hydrogen-bond acceptors (Lipinski definition) is 4. The zero-order chi connectivity index (χ0) is 19.8. The van der Waals surface area contributed by atoms with E-state index in [2.05, 4.69) is 41.4 Å². The maximum absolute atomic E-state index is 12.6. The number of hydrogen-bond donors (Lipinski definition) is 2. The molecule has 0 aliphatic rings. The minimum atomic E-state index is -0.589. The molecule has 2 amide bonds. The Labute approximate surface area is 160 Å². The van der Waals surface area contributed by atoms with E-state index < -0.39 is 5.91 Å². The van der Waals surface area contributed by atoms with Crippen LogP contribution < -0.4 is 15.8 Å². The van der Waals surface area contributed by atoms with E-state index in [0.29, 0.717) is 17.9 Å². The quantitative estimate of drug-likeness (QED) is 0.709. The third-order valence-electron chi connectivity index (χ3n) is 4.35. The van der Waals surface area contributed by atoms with Gasteiger partial charge >= 0.3 is 0 Å². The number of carbonyl (C=O) groups excluding carboxylic acids is 2. The minimum Gasteiger partial charge on any atom is -0.483 e. The molecule has 6 heteroatoms. The molecule has 0 radical (unpaired) electrons. The van der Waals surface area contributed by atoms with E-state index in [1.165, 1.54) is 5.56 Å². The van der Waals surface area contributed by atoms with Gasteiger partial charge in [-0.3, -0.25) is 9.59 Å². The highest BCUT2D eigenvalue weighted by Crippen LogP contribution is 2.20. The third-order valence-corrected chi connectivity index (χ3v) is 4.35. The van der Waals surface area contributed by atoms with Crippen molar-refractivity contribution in [3.8, 4) is 5.75 Å². The van der Waals surface area contributed by atoms with E-state index in [4.69, 9.17) is 10.5 Å². The topological polar surface area (TPSA) is 84.7 Å². The van der Waals surface area contributed by atoms with Crippen LogP contribution in [0.5, 0.6) is 5.75 Å². The second kappa shape index (κ2) is 9.73. The van der Waals surface area contributed by atoms with E-state index in [1.54, 1.807) is 24.3 Å². The van der Waals surface area contributed by atoms with Crippen molar-refractivity contribution >= 4 is 11.8 Å². The first-order valence-corrected chi connectivity index (χ1v) is 8.96. The Morgan fingerprint density at radius 2 is 1.78 bits per heavy atom. The van der Waals surface area contributed by atoms with Crippen LogP contribution in [-0.2, 0) is 11.2 Å². The van der Waals surface area contributed by atoms with Crippen LogP contribution in [0.3, 0.4) is 0 Å². The van der Waals surface area contributed by atoms with Gasteiger partial charge in [-0.15, -0.1) is 0 Å². The fourth-order valence-corrected chi connectivity index (χ4v) is 2.79. The molecule has 2 rings (SSSR count). The van der Waals surface area contributed by atoms with Gasteiger partial charge in [-0.25, -0.2) is 0 Å². The maximum atomic E-state index is 12.6. The van der Waals surface area contributed by atoms with Crippen molar-refractivity contribution in [2.45, 2.75) is 19.4 Å². The van der Waals surface area contributed by atoms with Crippen LogP contribution >= 0.6 is 0 Å². The number of benzene rings is 2. The van der Waals surface area contributed by atoms with Crippen LogP contribution in [0.15, 0.2) is 48.5 Å². The van der Waals surface area contributed by atoms with Crippen molar-refractivity contribution in [2.75, 3.05) is 27.2 Å². The zero-order valence-corrected chi connectivity index (χ0v) is 16.1. The van der Waals surface area contributed by atoms with Crippen LogP contribution in [-0.4, -0.2) is 44.0 Å². The second-order valence-electron chi connectivity index (χ2n) is 6.54. The summed E-state index contributed by atoms with van der Waals surface area (Å²) in [7, 11) is 3.96. The van der Waals surface area contributed by atoms with Crippen LogP contribution in [0, 0.1) is 0 Å². The Bertz CT molecular complexity index is 772. The van der Waals surface area contributed by atoms with Gasteiger partial charge < -0.3 is 20.7 Å². The predicted molar refractivity (Wildman–Crippen MR) is 106 cm³/mol. The summed E-state index contributed by atoms with van der Waals surface area (Å²) in [5.74, 6) is -0.511. The molecule has 6 nitrogen and oxygen atoms in total. The van der Waals surface area contributed by atoms with E-state index in [0.717, 1.165) is 12.0 Å². The average molecular weight is 369 g/mol. The van der Waals surface area contributed by atoms with E-state index in [9.17, 15) is 9.59 Å². The van der Waals surface area contributed by atoms with Gasteiger partial charge in [-0.1, -0.05) is 43.3 Å². The fourth-order valence-electron chi connectivity index (χ4n) is 2.79. The average Bonchev–Trinajstić information content (AvgIpc) is 2.66. The van der Waals surface area contributed by atoms with Crippen LogP contribution in [0.25, 0.3) is 0 Å². The lowest BCUT2D eigenvalue weighted by atomic mass is 10.0. The predicted octanol–water partition coefficient (Wildman–Crippen LogP) is 2.15. The Morgan fingerprint density at radius 3 is 2.37 bits per heavy atom. The number of primary amides is 1. The molecule has 27 heavy (non-hydrogen) atoms. The van der Waals surface area contributed by atoms with Gasteiger partial charge in [0.2, 0.25) is 0 Å². The number of likely N-dealkylation sites (N-methyl/N-ethyl adjacent to an activating group) is 1. The van der Waals surface area contributed by atoms with Gasteiger partial charge in [0.1, 0.15) is 5.75 Å². The first-order valence-electron chi connectivity index (χ1n) is 8.96. The normalized spacial score (nSPS) is 11.9. The molecule has 0 heterocycles. The summed E-state index contributed by atoms with van der Waals surface area (Å²) in [4.78, 5) is 25.6. The lowest BCUT2D eigenvalue weighted by Gasteiger charge is -2.25. The summed E-state index contributed by atoms with van der Waals surface area (Å²) in [5.41, 5.74) is 7.90. The van der Waals surface area contributed by atoms with Crippen LogP contribution in [0.1, 0.15) is 34.5 Å². The second-order valence-corrected chi connectivity index (χ2v) is 6.54. The number of ether oxygens (including phenoxy) is 1. The van der Waals surface area contributed by atoms with Gasteiger partial charge in [-0.05, 0) is 43.8 Å². The molecule has 0 fully saturated rings. The van der Waals surface area contributed by atoms with Crippen LogP contribution in [0.4, 0.5) is 0 Å². The highest BCUT2D eigenvalue weighted by molar-refractivity contribution is 5.97. The number of nitrogens with one attached hydrogen (secondary N) is 1. The summed E-state index contributed by atoms with van der Waals surface area (Å²) >= 11 is 0. The van der Waals surface area contributed by atoms with E-state index in [-0.39, 0.29) is 18.6 Å².